The molecule has 0 saturated heterocycles. The molecule has 1 N–H and O–H groups in total. The summed E-state index contributed by atoms with van der Waals surface area (Å²) >= 11 is 1.17. The Morgan fingerprint density at radius 3 is 3.06 bits per heavy atom. The van der Waals surface area contributed by atoms with Crippen molar-refractivity contribution >= 4 is 17.5 Å². The van der Waals surface area contributed by atoms with Gasteiger partial charge in [-0.25, -0.2) is 0 Å². The minimum absolute atomic E-state index is 0.632. The lowest BCUT2D eigenvalue weighted by atomic mass is 10.1. The van der Waals surface area contributed by atoms with Crippen molar-refractivity contribution in [2.45, 2.75) is 6.92 Å². The SMILES string of the molecule is CCNc1nsnc1-c1cccc(C#N)c1. The Kier molecular flexibility index (Phi) is 3.13. The van der Waals surface area contributed by atoms with Crippen LogP contribution in [-0.4, -0.2) is 15.3 Å². The molecular weight excluding hydrogens is 220 g/mol. The highest BCUT2D eigenvalue weighted by Gasteiger charge is 2.09. The lowest BCUT2D eigenvalue weighted by Gasteiger charge is -2.02. The van der Waals surface area contributed by atoms with Crippen LogP contribution in [0.4, 0.5) is 5.82 Å². The summed E-state index contributed by atoms with van der Waals surface area (Å²) < 4.78 is 8.41. The number of hydrogen-bond acceptors (Lipinski definition) is 5. The molecule has 0 fully saturated rings. The van der Waals surface area contributed by atoms with E-state index >= 15 is 0 Å². The van der Waals surface area contributed by atoms with Crippen molar-refractivity contribution in [2.75, 3.05) is 11.9 Å². The zero-order chi connectivity index (χ0) is 11.4. The van der Waals surface area contributed by atoms with Crippen molar-refractivity contribution < 1.29 is 0 Å². The molecule has 1 aromatic heterocycles. The van der Waals surface area contributed by atoms with Crippen molar-refractivity contribution in [1.29, 1.82) is 5.26 Å². The van der Waals surface area contributed by atoms with Crippen LogP contribution in [0.15, 0.2) is 24.3 Å². The average Bonchev–Trinajstić information content (AvgIpc) is 2.78. The number of rotatable bonds is 3. The topological polar surface area (TPSA) is 61.6 Å². The van der Waals surface area contributed by atoms with Crippen LogP contribution < -0.4 is 5.32 Å². The maximum atomic E-state index is 8.83. The third kappa shape index (κ3) is 2.02. The first-order valence-corrected chi connectivity index (χ1v) is 5.65. The Morgan fingerprint density at radius 2 is 2.31 bits per heavy atom. The molecule has 0 saturated carbocycles. The van der Waals surface area contributed by atoms with E-state index < -0.39 is 0 Å². The van der Waals surface area contributed by atoms with Gasteiger partial charge in [0, 0.05) is 12.1 Å². The van der Waals surface area contributed by atoms with Gasteiger partial charge in [-0.05, 0) is 19.1 Å². The first-order chi connectivity index (χ1) is 7.85. The highest BCUT2D eigenvalue weighted by Crippen LogP contribution is 2.26. The average molecular weight is 230 g/mol. The number of hydrogen-bond donors (Lipinski definition) is 1. The number of nitrogens with zero attached hydrogens (tertiary/aromatic N) is 3. The highest BCUT2D eigenvalue weighted by molar-refractivity contribution is 6.99. The van der Waals surface area contributed by atoms with Crippen LogP contribution in [0.25, 0.3) is 11.3 Å². The van der Waals surface area contributed by atoms with Crippen LogP contribution >= 0.6 is 11.7 Å². The standard InChI is InChI=1S/C11H10N4S/c1-2-13-11-10(14-16-15-11)9-5-3-4-8(6-9)7-12/h3-6H,2H2,1H3,(H,13,15). The van der Waals surface area contributed by atoms with E-state index in [1.54, 1.807) is 6.07 Å². The third-order valence-electron chi connectivity index (χ3n) is 2.10. The van der Waals surface area contributed by atoms with Crippen LogP contribution in [-0.2, 0) is 0 Å². The van der Waals surface area contributed by atoms with Crippen LogP contribution in [0.1, 0.15) is 12.5 Å². The molecule has 0 atom stereocenters. The molecular formula is C11H10N4S. The van der Waals surface area contributed by atoms with E-state index in [-0.39, 0.29) is 0 Å². The smallest absolute Gasteiger partial charge is 0.168 e. The molecule has 0 spiro atoms. The van der Waals surface area contributed by atoms with Gasteiger partial charge in [-0.15, -0.1) is 0 Å². The van der Waals surface area contributed by atoms with E-state index in [9.17, 15) is 0 Å². The fraction of sp³-hybridized carbons (Fsp3) is 0.182. The summed E-state index contributed by atoms with van der Waals surface area (Å²) in [6.45, 7) is 2.81. The van der Waals surface area contributed by atoms with E-state index in [2.05, 4.69) is 20.1 Å². The van der Waals surface area contributed by atoms with Crippen LogP contribution in [0.3, 0.4) is 0 Å². The van der Waals surface area contributed by atoms with E-state index in [4.69, 9.17) is 5.26 Å². The van der Waals surface area contributed by atoms with Gasteiger partial charge in [-0.1, -0.05) is 12.1 Å². The van der Waals surface area contributed by atoms with Gasteiger partial charge in [0.1, 0.15) is 5.69 Å². The van der Waals surface area contributed by atoms with Gasteiger partial charge in [-0.3, -0.25) is 0 Å². The van der Waals surface area contributed by atoms with Gasteiger partial charge in [0.05, 0.1) is 23.4 Å². The maximum Gasteiger partial charge on any atom is 0.168 e. The fourth-order valence-corrected chi connectivity index (χ4v) is 1.94. The second kappa shape index (κ2) is 4.73. The Bertz CT molecular complexity index is 527. The minimum atomic E-state index is 0.632. The number of anilines is 1. The summed E-state index contributed by atoms with van der Waals surface area (Å²) in [7, 11) is 0. The molecule has 0 bridgehead atoms. The molecule has 2 rings (SSSR count). The molecule has 0 aliphatic heterocycles. The summed E-state index contributed by atoms with van der Waals surface area (Å²) in [6.07, 6.45) is 0. The second-order valence-electron chi connectivity index (χ2n) is 3.18. The molecule has 80 valence electrons. The summed E-state index contributed by atoms with van der Waals surface area (Å²) in [5, 5.41) is 12.0. The van der Waals surface area contributed by atoms with Crippen LogP contribution in [0.2, 0.25) is 0 Å². The Morgan fingerprint density at radius 1 is 1.44 bits per heavy atom. The van der Waals surface area contributed by atoms with Gasteiger partial charge >= 0.3 is 0 Å². The zero-order valence-corrected chi connectivity index (χ0v) is 9.58. The quantitative estimate of drug-likeness (QED) is 0.880. The molecule has 0 aliphatic rings. The maximum absolute atomic E-state index is 8.83. The summed E-state index contributed by atoms with van der Waals surface area (Å²) in [6, 6.07) is 9.49. The molecule has 5 heteroatoms. The van der Waals surface area contributed by atoms with E-state index in [1.165, 1.54) is 11.7 Å². The summed E-state index contributed by atoms with van der Waals surface area (Å²) in [5.74, 6) is 0.780. The normalized spacial score (nSPS) is 9.75. The predicted molar refractivity (Wildman–Crippen MR) is 64.2 cm³/mol. The predicted octanol–water partition coefficient (Wildman–Crippen LogP) is 2.51. The summed E-state index contributed by atoms with van der Waals surface area (Å²) in [4.78, 5) is 0. The van der Waals surface area contributed by atoms with E-state index in [0.29, 0.717) is 5.56 Å². The van der Waals surface area contributed by atoms with Crippen molar-refractivity contribution in [3.05, 3.63) is 29.8 Å². The molecule has 1 aromatic carbocycles. The van der Waals surface area contributed by atoms with Crippen molar-refractivity contribution in [1.82, 2.24) is 8.75 Å². The molecule has 0 unspecified atom stereocenters. The monoisotopic (exact) mass is 230 g/mol. The van der Waals surface area contributed by atoms with Gasteiger partial charge in [0.25, 0.3) is 0 Å². The highest BCUT2D eigenvalue weighted by atomic mass is 32.1. The van der Waals surface area contributed by atoms with Crippen LogP contribution in [0.5, 0.6) is 0 Å². The van der Waals surface area contributed by atoms with Crippen molar-refractivity contribution in [3.63, 3.8) is 0 Å². The lowest BCUT2D eigenvalue weighted by Crippen LogP contribution is -1.98. The molecule has 0 aliphatic carbocycles. The fourth-order valence-electron chi connectivity index (χ4n) is 1.40. The molecule has 1 heterocycles. The minimum Gasteiger partial charge on any atom is -0.368 e. The van der Waals surface area contributed by atoms with Gasteiger partial charge in [0.15, 0.2) is 5.82 Å². The van der Waals surface area contributed by atoms with E-state index in [0.717, 1.165) is 23.6 Å². The third-order valence-corrected chi connectivity index (χ3v) is 2.63. The first-order valence-electron chi connectivity index (χ1n) is 4.92. The lowest BCUT2D eigenvalue weighted by molar-refractivity contribution is 1.19. The number of benzene rings is 1. The van der Waals surface area contributed by atoms with Gasteiger partial charge < -0.3 is 5.32 Å². The Balaban J connectivity index is 2.42. The van der Waals surface area contributed by atoms with Crippen molar-refractivity contribution in [3.8, 4) is 17.3 Å². The van der Waals surface area contributed by atoms with Crippen LogP contribution in [0, 0.1) is 11.3 Å². The zero-order valence-electron chi connectivity index (χ0n) is 8.77. The molecule has 0 amide bonds. The van der Waals surface area contributed by atoms with E-state index in [1.807, 2.05) is 25.1 Å². The van der Waals surface area contributed by atoms with Gasteiger partial charge in [0.2, 0.25) is 0 Å². The largest absolute Gasteiger partial charge is 0.368 e. The number of nitrogens with one attached hydrogen (secondary N) is 1. The molecule has 4 nitrogen and oxygen atoms in total. The molecule has 16 heavy (non-hydrogen) atoms. The molecule has 2 aromatic rings. The number of aromatic nitrogens is 2. The molecule has 0 radical (unpaired) electrons. The second-order valence-corrected chi connectivity index (χ2v) is 3.71. The van der Waals surface area contributed by atoms with Gasteiger partial charge in [-0.2, -0.15) is 14.0 Å². The van der Waals surface area contributed by atoms with Crippen molar-refractivity contribution in [2.24, 2.45) is 0 Å². The Hall–Kier alpha value is -1.93. The first kappa shape index (κ1) is 10.6. The number of nitriles is 1. The summed E-state index contributed by atoms with van der Waals surface area (Å²) in [5.41, 5.74) is 2.36. The Labute approximate surface area is 97.9 Å².